The molecule has 0 saturated carbocycles. The predicted octanol–water partition coefficient (Wildman–Crippen LogP) is 4.56. The van der Waals surface area contributed by atoms with E-state index in [9.17, 15) is 0 Å². The summed E-state index contributed by atoms with van der Waals surface area (Å²) in [7, 11) is 1.95. The molecule has 7 nitrogen and oxygen atoms in total. The standard InChI is InChI=1S/C25H23N5O2/c1-30-12-11-26-23(30)17-32-21-15-19(24-28-22-8-5-10-27-25(22)29-24)14-20(16-21)31-13-9-18-6-3-2-4-7-18/h2-8,10-12,14-16H,9,13,17H2,1H3,(H,27,28,29). The zero-order valence-corrected chi connectivity index (χ0v) is 17.7. The van der Waals surface area contributed by atoms with Crippen molar-refractivity contribution in [3.05, 3.63) is 90.6 Å². The number of benzene rings is 2. The third-order valence-electron chi connectivity index (χ3n) is 5.20. The summed E-state index contributed by atoms with van der Waals surface area (Å²) < 4.78 is 14.1. The molecule has 0 saturated heterocycles. The van der Waals surface area contributed by atoms with Crippen molar-refractivity contribution in [2.75, 3.05) is 6.61 Å². The Morgan fingerprint density at radius 1 is 0.906 bits per heavy atom. The van der Waals surface area contributed by atoms with Crippen LogP contribution in [0.3, 0.4) is 0 Å². The minimum absolute atomic E-state index is 0.359. The smallest absolute Gasteiger partial charge is 0.157 e. The van der Waals surface area contributed by atoms with E-state index in [1.807, 2.05) is 66.3 Å². The molecule has 0 aliphatic carbocycles. The highest BCUT2D eigenvalue weighted by Crippen LogP contribution is 2.30. The van der Waals surface area contributed by atoms with Crippen molar-refractivity contribution in [3.8, 4) is 22.9 Å². The maximum absolute atomic E-state index is 6.09. The van der Waals surface area contributed by atoms with Crippen LogP contribution in [0.25, 0.3) is 22.6 Å². The Bertz CT molecular complexity index is 1290. The Labute approximate surface area is 185 Å². The van der Waals surface area contributed by atoms with E-state index in [0.29, 0.717) is 24.8 Å². The van der Waals surface area contributed by atoms with Crippen LogP contribution in [0.5, 0.6) is 11.5 Å². The van der Waals surface area contributed by atoms with Crippen molar-refractivity contribution in [2.45, 2.75) is 13.0 Å². The number of aromatic nitrogens is 5. The quantitative estimate of drug-likeness (QED) is 0.394. The summed E-state index contributed by atoms with van der Waals surface area (Å²) in [5.41, 5.74) is 3.66. The number of fused-ring (bicyclic) bond motifs is 1. The Kier molecular flexibility index (Phi) is 5.53. The van der Waals surface area contributed by atoms with Crippen LogP contribution in [-0.2, 0) is 20.1 Å². The van der Waals surface area contributed by atoms with Gasteiger partial charge in [-0.05, 0) is 29.8 Å². The first-order valence-electron chi connectivity index (χ1n) is 10.5. The molecule has 3 aromatic heterocycles. The topological polar surface area (TPSA) is 77.8 Å². The summed E-state index contributed by atoms with van der Waals surface area (Å²) in [6.45, 7) is 0.923. The molecule has 0 aliphatic heterocycles. The van der Waals surface area contributed by atoms with Crippen molar-refractivity contribution in [3.63, 3.8) is 0 Å². The van der Waals surface area contributed by atoms with Gasteiger partial charge in [0.15, 0.2) is 5.65 Å². The second kappa shape index (κ2) is 8.93. The number of H-pyrrole nitrogens is 1. The number of aromatic amines is 1. The molecule has 0 radical (unpaired) electrons. The SMILES string of the molecule is Cn1ccnc1COc1cc(OCCc2ccccc2)cc(-c2nc3cccnc3[nH]2)c1. The highest BCUT2D eigenvalue weighted by atomic mass is 16.5. The fourth-order valence-electron chi connectivity index (χ4n) is 3.47. The van der Waals surface area contributed by atoms with Gasteiger partial charge in [0, 0.05) is 43.7 Å². The highest BCUT2D eigenvalue weighted by Gasteiger charge is 2.11. The first-order chi connectivity index (χ1) is 15.7. The third-order valence-corrected chi connectivity index (χ3v) is 5.20. The summed E-state index contributed by atoms with van der Waals surface area (Å²) in [6.07, 6.45) is 6.22. The molecule has 5 rings (SSSR count). The van der Waals surface area contributed by atoms with Crippen LogP contribution in [0, 0.1) is 0 Å². The number of hydrogen-bond acceptors (Lipinski definition) is 5. The lowest BCUT2D eigenvalue weighted by Gasteiger charge is -2.12. The monoisotopic (exact) mass is 425 g/mol. The predicted molar refractivity (Wildman–Crippen MR) is 123 cm³/mol. The molecule has 1 N–H and O–H groups in total. The number of hydrogen-bond donors (Lipinski definition) is 1. The zero-order chi connectivity index (χ0) is 21.8. The van der Waals surface area contributed by atoms with Gasteiger partial charge in [-0.15, -0.1) is 0 Å². The number of pyridine rings is 1. The van der Waals surface area contributed by atoms with Crippen LogP contribution >= 0.6 is 0 Å². The highest BCUT2D eigenvalue weighted by molar-refractivity contribution is 5.76. The van der Waals surface area contributed by atoms with Gasteiger partial charge in [-0.1, -0.05) is 30.3 Å². The number of imidazole rings is 2. The number of ether oxygens (including phenoxy) is 2. The van der Waals surface area contributed by atoms with E-state index in [1.165, 1.54) is 5.56 Å². The van der Waals surface area contributed by atoms with E-state index >= 15 is 0 Å². The van der Waals surface area contributed by atoms with Crippen molar-refractivity contribution < 1.29 is 9.47 Å². The Morgan fingerprint density at radius 3 is 2.53 bits per heavy atom. The van der Waals surface area contributed by atoms with E-state index < -0.39 is 0 Å². The molecule has 0 fully saturated rings. The Hall–Kier alpha value is -4.13. The zero-order valence-electron chi connectivity index (χ0n) is 17.7. The first kappa shape index (κ1) is 19.8. The van der Waals surface area contributed by atoms with Crippen LogP contribution < -0.4 is 9.47 Å². The van der Waals surface area contributed by atoms with E-state index in [1.54, 1.807) is 12.4 Å². The fraction of sp³-hybridized carbons (Fsp3) is 0.160. The summed E-state index contributed by atoms with van der Waals surface area (Å²) in [5.74, 6) is 2.97. The molecule has 0 amide bonds. The van der Waals surface area contributed by atoms with E-state index in [4.69, 9.17) is 9.47 Å². The molecule has 0 bridgehead atoms. The Balaban J connectivity index is 1.40. The molecule has 0 unspecified atom stereocenters. The number of rotatable bonds is 8. The van der Waals surface area contributed by atoms with Gasteiger partial charge in [0.2, 0.25) is 0 Å². The molecule has 2 aromatic carbocycles. The molecule has 5 aromatic rings. The lowest BCUT2D eigenvalue weighted by molar-refractivity contribution is 0.285. The van der Waals surface area contributed by atoms with Crippen LogP contribution in [0.15, 0.2) is 79.3 Å². The lowest BCUT2D eigenvalue weighted by Crippen LogP contribution is -2.04. The van der Waals surface area contributed by atoms with Crippen LogP contribution in [0.4, 0.5) is 0 Å². The van der Waals surface area contributed by atoms with Crippen molar-refractivity contribution in [1.29, 1.82) is 0 Å². The average molecular weight is 425 g/mol. The van der Waals surface area contributed by atoms with Gasteiger partial charge < -0.3 is 19.0 Å². The van der Waals surface area contributed by atoms with Crippen LogP contribution in [-0.4, -0.2) is 31.1 Å². The minimum Gasteiger partial charge on any atom is -0.493 e. The minimum atomic E-state index is 0.359. The molecule has 0 aliphatic rings. The molecule has 32 heavy (non-hydrogen) atoms. The van der Waals surface area contributed by atoms with Crippen molar-refractivity contribution in [1.82, 2.24) is 24.5 Å². The fourth-order valence-corrected chi connectivity index (χ4v) is 3.47. The van der Waals surface area contributed by atoms with E-state index in [2.05, 4.69) is 32.1 Å². The van der Waals surface area contributed by atoms with Crippen molar-refractivity contribution >= 4 is 11.2 Å². The van der Waals surface area contributed by atoms with Gasteiger partial charge in [0.1, 0.15) is 35.3 Å². The second-order valence-electron chi connectivity index (χ2n) is 7.48. The Morgan fingerprint density at radius 2 is 1.75 bits per heavy atom. The third kappa shape index (κ3) is 4.46. The molecule has 0 spiro atoms. The molecule has 3 heterocycles. The van der Waals surface area contributed by atoms with Gasteiger partial charge in [-0.2, -0.15) is 0 Å². The van der Waals surface area contributed by atoms with Crippen LogP contribution in [0.1, 0.15) is 11.4 Å². The summed E-state index contributed by atoms with van der Waals surface area (Å²) in [5, 5.41) is 0. The summed E-state index contributed by atoms with van der Waals surface area (Å²) >= 11 is 0. The number of aryl methyl sites for hydroxylation is 1. The van der Waals surface area contributed by atoms with Crippen molar-refractivity contribution in [2.24, 2.45) is 7.05 Å². The van der Waals surface area contributed by atoms with Gasteiger partial charge in [0.25, 0.3) is 0 Å². The normalized spacial score (nSPS) is 11.0. The average Bonchev–Trinajstić information content (AvgIpc) is 3.44. The van der Waals surface area contributed by atoms with Gasteiger partial charge >= 0.3 is 0 Å². The maximum Gasteiger partial charge on any atom is 0.157 e. The number of nitrogens with zero attached hydrogens (tertiary/aromatic N) is 4. The van der Waals surface area contributed by atoms with Crippen LogP contribution in [0.2, 0.25) is 0 Å². The molecule has 160 valence electrons. The van der Waals surface area contributed by atoms with Gasteiger partial charge in [-0.3, -0.25) is 0 Å². The van der Waals surface area contributed by atoms with Gasteiger partial charge in [0.05, 0.1) is 6.61 Å². The molecule has 7 heteroatoms. The lowest BCUT2D eigenvalue weighted by atomic mass is 10.1. The van der Waals surface area contributed by atoms with Gasteiger partial charge in [-0.25, -0.2) is 15.0 Å². The molecular formula is C25H23N5O2. The number of nitrogens with one attached hydrogen (secondary N) is 1. The largest absolute Gasteiger partial charge is 0.493 e. The molecular weight excluding hydrogens is 402 g/mol. The van der Waals surface area contributed by atoms with E-state index in [0.717, 1.165) is 34.7 Å². The second-order valence-corrected chi connectivity index (χ2v) is 7.48. The summed E-state index contributed by atoms with van der Waals surface area (Å²) in [6, 6.07) is 19.9. The summed E-state index contributed by atoms with van der Waals surface area (Å²) in [4.78, 5) is 16.6. The molecule has 0 atom stereocenters. The van der Waals surface area contributed by atoms with E-state index in [-0.39, 0.29) is 0 Å². The first-order valence-corrected chi connectivity index (χ1v) is 10.5. The maximum atomic E-state index is 6.09.